The first-order chi connectivity index (χ1) is 3.72. The van der Waals surface area contributed by atoms with Crippen LogP contribution in [-0.4, -0.2) is 24.8 Å². The number of hydrogen-bond donors (Lipinski definition) is 1. The molecule has 0 bridgehead atoms. The molecule has 3 nitrogen and oxygen atoms in total. The number of halogens is 1. The van der Waals surface area contributed by atoms with E-state index in [9.17, 15) is 4.79 Å². The number of methoxy groups -OCH3 is 1. The molecule has 0 aromatic carbocycles. The first-order valence-corrected chi connectivity index (χ1v) is 2.41. The minimum absolute atomic E-state index is 0. The third kappa shape index (κ3) is 4.24. The van der Waals surface area contributed by atoms with Gasteiger partial charge in [0.1, 0.15) is 0 Å². The van der Waals surface area contributed by atoms with Crippen molar-refractivity contribution < 1.29 is 14.6 Å². The standard InChI is InChI=1S/C5H10O3.ClH/c1-4(3-6)5(7)8-2;/h4,6H,3H2,1-2H3;1H/t4-;/m1./s1. The summed E-state index contributed by atoms with van der Waals surface area (Å²) in [6.07, 6.45) is 0. The average Bonchev–Trinajstić information content (AvgIpc) is 1.84. The van der Waals surface area contributed by atoms with Crippen LogP contribution in [-0.2, 0) is 9.53 Å². The fourth-order valence-corrected chi connectivity index (χ4v) is 0.276. The van der Waals surface area contributed by atoms with Crippen LogP contribution in [0.2, 0.25) is 0 Å². The first-order valence-electron chi connectivity index (χ1n) is 2.41. The van der Waals surface area contributed by atoms with E-state index in [1.54, 1.807) is 6.92 Å². The molecule has 9 heavy (non-hydrogen) atoms. The Bertz CT molecular complexity index is 84.3. The normalized spacial score (nSPS) is 11.4. The van der Waals surface area contributed by atoms with E-state index in [2.05, 4.69) is 4.74 Å². The van der Waals surface area contributed by atoms with Crippen LogP contribution in [0.4, 0.5) is 0 Å². The van der Waals surface area contributed by atoms with Gasteiger partial charge < -0.3 is 9.84 Å². The van der Waals surface area contributed by atoms with Gasteiger partial charge in [-0.25, -0.2) is 0 Å². The highest BCUT2D eigenvalue weighted by atomic mass is 35.5. The maximum atomic E-state index is 10.4. The molecule has 0 radical (unpaired) electrons. The minimum atomic E-state index is -0.389. The molecule has 0 aromatic heterocycles. The summed E-state index contributed by atoms with van der Waals surface area (Å²) in [5.74, 6) is -0.757. The van der Waals surface area contributed by atoms with Gasteiger partial charge >= 0.3 is 5.97 Å². The summed E-state index contributed by atoms with van der Waals surface area (Å²) in [6, 6.07) is 0. The summed E-state index contributed by atoms with van der Waals surface area (Å²) < 4.78 is 4.30. The average molecular weight is 155 g/mol. The maximum Gasteiger partial charge on any atom is 0.310 e. The summed E-state index contributed by atoms with van der Waals surface area (Å²) in [5.41, 5.74) is 0. The van der Waals surface area contributed by atoms with Gasteiger partial charge in [0.15, 0.2) is 0 Å². The molecule has 0 spiro atoms. The third-order valence-corrected chi connectivity index (χ3v) is 0.877. The van der Waals surface area contributed by atoms with Crippen LogP contribution in [0, 0.1) is 5.92 Å². The van der Waals surface area contributed by atoms with E-state index in [4.69, 9.17) is 5.11 Å². The van der Waals surface area contributed by atoms with Crippen molar-refractivity contribution >= 4 is 18.4 Å². The topological polar surface area (TPSA) is 46.5 Å². The fraction of sp³-hybridized carbons (Fsp3) is 0.800. The van der Waals surface area contributed by atoms with E-state index in [1.165, 1.54) is 7.11 Å². The van der Waals surface area contributed by atoms with Crippen molar-refractivity contribution in [3.63, 3.8) is 0 Å². The number of rotatable bonds is 2. The first kappa shape index (κ1) is 11.5. The number of ether oxygens (including phenoxy) is 1. The molecule has 0 aliphatic rings. The van der Waals surface area contributed by atoms with Gasteiger partial charge in [0.2, 0.25) is 0 Å². The second kappa shape index (κ2) is 5.85. The van der Waals surface area contributed by atoms with Crippen molar-refractivity contribution in [2.75, 3.05) is 13.7 Å². The molecule has 0 amide bonds. The zero-order valence-electron chi connectivity index (χ0n) is 5.46. The number of aliphatic hydroxyl groups excluding tert-OH is 1. The number of aliphatic hydroxyl groups is 1. The summed E-state index contributed by atoms with van der Waals surface area (Å²) in [6.45, 7) is 1.46. The summed E-state index contributed by atoms with van der Waals surface area (Å²) in [5, 5.41) is 8.34. The Labute approximate surface area is 60.4 Å². The summed E-state index contributed by atoms with van der Waals surface area (Å²) in [4.78, 5) is 10.4. The number of carbonyl (C=O) groups excluding carboxylic acids is 1. The largest absolute Gasteiger partial charge is 0.469 e. The van der Waals surface area contributed by atoms with Crippen LogP contribution in [0.15, 0.2) is 0 Å². The van der Waals surface area contributed by atoms with E-state index >= 15 is 0 Å². The molecule has 1 atom stereocenters. The molecule has 1 N–H and O–H groups in total. The molecule has 0 unspecified atom stereocenters. The second-order valence-corrected chi connectivity index (χ2v) is 1.61. The summed E-state index contributed by atoms with van der Waals surface area (Å²) in [7, 11) is 1.30. The van der Waals surface area contributed by atoms with Crippen LogP contribution in [0.5, 0.6) is 0 Å². The molecule has 0 aliphatic carbocycles. The van der Waals surface area contributed by atoms with Crippen LogP contribution >= 0.6 is 12.4 Å². The van der Waals surface area contributed by atoms with Crippen LogP contribution < -0.4 is 0 Å². The Kier molecular flexibility index (Phi) is 7.48. The lowest BCUT2D eigenvalue weighted by Crippen LogP contribution is -2.15. The summed E-state index contributed by atoms with van der Waals surface area (Å²) >= 11 is 0. The highest BCUT2D eigenvalue weighted by Crippen LogP contribution is 1.93. The molecule has 0 aromatic rings. The molecular weight excluding hydrogens is 144 g/mol. The molecule has 0 saturated carbocycles. The van der Waals surface area contributed by atoms with Crippen molar-refractivity contribution in [3.05, 3.63) is 0 Å². The van der Waals surface area contributed by atoms with Gasteiger partial charge in [0.05, 0.1) is 19.6 Å². The highest BCUT2D eigenvalue weighted by Gasteiger charge is 2.09. The van der Waals surface area contributed by atoms with Crippen LogP contribution in [0.1, 0.15) is 6.92 Å². The maximum absolute atomic E-state index is 10.4. The lowest BCUT2D eigenvalue weighted by atomic mass is 10.2. The molecule has 0 fully saturated rings. The van der Waals surface area contributed by atoms with Gasteiger partial charge in [-0.05, 0) is 6.92 Å². The molecule has 0 rings (SSSR count). The molecule has 0 heterocycles. The zero-order chi connectivity index (χ0) is 6.57. The van der Waals surface area contributed by atoms with E-state index in [1.807, 2.05) is 0 Å². The number of hydrogen-bond acceptors (Lipinski definition) is 3. The molecule has 56 valence electrons. The minimum Gasteiger partial charge on any atom is -0.469 e. The van der Waals surface area contributed by atoms with Gasteiger partial charge in [0.25, 0.3) is 0 Å². The van der Waals surface area contributed by atoms with E-state index in [0.717, 1.165) is 0 Å². The predicted molar refractivity (Wildman–Crippen MR) is 35.5 cm³/mol. The number of carbonyl (C=O) groups is 1. The van der Waals surface area contributed by atoms with Gasteiger partial charge in [-0.15, -0.1) is 12.4 Å². The predicted octanol–water partition coefficient (Wildman–Crippen LogP) is 0.210. The van der Waals surface area contributed by atoms with Gasteiger partial charge in [-0.1, -0.05) is 0 Å². The van der Waals surface area contributed by atoms with Gasteiger partial charge in [0, 0.05) is 0 Å². The van der Waals surface area contributed by atoms with Crippen molar-refractivity contribution in [3.8, 4) is 0 Å². The van der Waals surface area contributed by atoms with Gasteiger partial charge in [-0.3, -0.25) is 4.79 Å². The van der Waals surface area contributed by atoms with E-state index < -0.39 is 0 Å². The lowest BCUT2D eigenvalue weighted by molar-refractivity contribution is -0.146. The Morgan fingerprint density at radius 1 is 1.78 bits per heavy atom. The molecule has 0 aliphatic heterocycles. The monoisotopic (exact) mass is 154 g/mol. The van der Waals surface area contributed by atoms with Crippen LogP contribution in [0.3, 0.4) is 0 Å². The second-order valence-electron chi connectivity index (χ2n) is 1.61. The molecule has 4 heteroatoms. The van der Waals surface area contributed by atoms with Gasteiger partial charge in [-0.2, -0.15) is 0 Å². The Balaban J connectivity index is 0. The molecular formula is C5H11ClO3. The number of esters is 1. The Morgan fingerprint density at radius 2 is 2.22 bits per heavy atom. The van der Waals surface area contributed by atoms with E-state index in [-0.39, 0.29) is 30.9 Å². The van der Waals surface area contributed by atoms with E-state index in [0.29, 0.717) is 0 Å². The highest BCUT2D eigenvalue weighted by molar-refractivity contribution is 5.85. The van der Waals surface area contributed by atoms with Crippen molar-refractivity contribution in [1.82, 2.24) is 0 Å². The Hall–Kier alpha value is -0.280. The fourth-order valence-electron chi connectivity index (χ4n) is 0.276. The lowest BCUT2D eigenvalue weighted by Gasteiger charge is -2.02. The van der Waals surface area contributed by atoms with Crippen LogP contribution in [0.25, 0.3) is 0 Å². The quantitative estimate of drug-likeness (QED) is 0.579. The van der Waals surface area contributed by atoms with Crippen molar-refractivity contribution in [1.29, 1.82) is 0 Å². The zero-order valence-corrected chi connectivity index (χ0v) is 6.27. The third-order valence-electron chi connectivity index (χ3n) is 0.877. The Morgan fingerprint density at radius 3 is 2.33 bits per heavy atom. The molecule has 0 saturated heterocycles. The SMILES string of the molecule is COC(=O)[C@H](C)CO.Cl. The van der Waals surface area contributed by atoms with Crippen molar-refractivity contribution in [2.45, 2.75) is 6.92 Å². The smallest absolute Gasteiger partial charge is 0.310 e. The van der Waals surface area contributed by atoms with Crippen molar-refractivity contribution in [2.24, 2.45) is 5.92 Å².